The summed E-state index contributed by atoms with van der Waals surface area (Å²) < 4.78 is 7.24. The molecule has 3 heterocycles. The van der Waals surface area contributed by atoms with Gasteiger partial charge in [-0.1, -0.05) is 12.1 Å². The SMILES string of the molecule is O=C(O)COc1ccc(C(CN2CCN(C3CCNCC3)CC2=O)n2ccnc2)cc1. The highest BCUT2D eigenvalue weighted by Gasteiger charge is 2.31. The molecule has 2 aromatic rings. The van der Waals surface area contributed by atoms with Gasteiger partial charge in [-0.2, -0.15) is 0 Å². The number of amides is 1. The summed E-state index contributed by atoms with van der Waals surface area (Å²) in [7, 11) is 0. The standard InChI is InChI=1S/C22H29N5O4/c28-21-14-25(18-5-7-23-8-6-18)11-12-26(21)13-20(27-10-9-24-16-27)17-1-3-19(4-2-17)31-15-22(29)30/h1-4,9-10,16,18,20,23H,5-8,11-15H2,(H,29,30). The highest BCUT2D eigenvalue weighted by Crippen LogP contribution is 2.24. The zero-order valence-electron chi connectivity index (χ0n) is 17.5. The van der Waals surface area contributed by atoms with E-state index in [0.717, 1.165) is 38.0 Å². The molecule has 1 unspecified atom stereocenters. The van der Waals surface area contributed by atoms with Crippen LogP contribution in [0.15, 0.2) is 43.0 Å². The fraction of sp³-hybridized carbons (Fsp3) is 0.500. The minimum atomic E-state index is -1.01. The summed E-state index contributed by atoms with van der Waals surface area (Å²) in [5, 5.41) is 12.2. The Hall–Kier alpha value is -2.91. The van der Waals surface area contributed by atoms with E-state index in [9.17, 15) is 9.59 Å². The molecule has 166 valence electrons. The molecule has 1 atom stereocenters. The van der Waals surface area contributed by atoms with Crippen molar-refractivity contribution in [2.45, 2.75) is 24.9 Å². The molecular formula is C22H29N5O4. The second-order valence-electron chi connectivity index (χ2n) is 8.07. The van der Waals surface area contributed by atoms with Gasteiger partial charge >= 0.3 is 5.97 Å². The molecule has 9 heteroatoms. The third-order valence-electron chi connectivity index (χ3n) is 6.08. The molecule has 0 bridgehead atoms. The number of carbonyl (C=O) groups is 2. The van der Waals surface area contributed by atoms with Crippen molar-refractivity contribution in [3.05, 3.63) is 48.5 Å². The van der Waals surface area contributed by atoms with Gasteiger partial charge < -0.3 is 24.6 Å². The maximum absolute atomic E-state index is 13.0. The second-order valence-corrected chi connectivity index (χ2v) is 8.07. The molecule has 2 aliphatic heterocycles. The summed E-state index contributed by atoms with van der Waals surface area (Å²) in [5.41, 5.74) is 1.01. The van der Waals surface area contributed by atoms with Crippen LogP contribution in [0.25, 0.3) is 0 Å². The molecule has 31 heavy (non-hydrogen) atoms. The van der Waals surface area contributed by atoms with Crippen LogP contribution >= 0.6 is 0 Å². The van der Waals surface area contributed by atoms with Crippen LogP contribution in [-0.4, -0.2) is 88.3 Å². The predicted octanol–water partition coefficient (Wildman–Crippen LogP) is 0.832. The lowest BCUT2D eigenvalue weighted by Crippen LogP contribution is -2.56. The van der Waals surface area contributed by atoms with Gasteiger partial charge in [0.05, 0.1) is 18.9 Å². The van der Waals surface area contributed by atoms with Crippen LogP contribution in [0.4, 0.5) is 0 Å². The van der Waals surface area contributed by atoms with E-state index in [2.05, 4.69) is 15.2 Å². The van der Waals surface area contributed by atoms with E-state index in [0.29, 0.717) is 31.4 Å². The van der Waals surface area contributed by atoms with Crippen LogP contribution in [0.1, 0.15) is 24.4 Å². The van der Waals surface area contributed by atoms with E-state index in [-0.39, 0.29) is 18.6 Å². The monoisotopic (exact) mass is 427 g/mol. The van der Waals surface area contributed by atoms with E-state index >= 15 is 0 Å². The lowest BCUT2D eigenvalue weighted by atomic mass is 10.0. The van der Waals surface area contributed by atoms with Crippen LogP contribution in [-0.2, 0) is 9.59 Å². The number of hydrogen-bond donors (Lipinski definition) is 2. The average molecular weight is 428 g/mol. The van der Waals surface area contributed by atoms with E-state index in [1.54, 1.807) is 24.7 Å². The molecule has 9 nitrogen and oxygen atoms in total. The summed E-state index contributed by atoms with van der Waals surface area (Å²) in [4.78, 5) is 32.1. The summed E-state index contributed by atoms with van der Waals surface area (Å²) in [6.07, 6.45) is 7.58. The minimum absolute atomic E-state index is 0.0783. The number of nitrogens with one attached hydrogen (secondary N) is 1. The molecule has 1 aromatic carbocycles. The Morgan fingerprint density at radius 2 is 2.00 bits per heavy atom. The molecule has 0 saturated carbocycles. The van der Waals surface area contributed by atoms with Gasteiger partial charge in [-0.05, 0) is 43.6 Å². The van der Waals surface area contributed by atoms with Crippen molar-refractivity contribution in [1.29, 1.82) is 0 Å². The number of rotatable bonds is 8. The van der Waals surface area contributed by atoms with Crippen molar-refractivity contribution in [3.8, 4) is 5.75 Å². The number of carboxylic acids is 1. The first-order valence-electron chi connectivity index (χ1n) is 10.7. The van der Waals surface area contributed by atoms with Crippen molar-refractivity contribution in [2.24, 2.45) is 0 Å². The zero-order valence-corrected chi connectivity index (χ0v) is 17.5. The molecule has 0 aliphatic carbocycles. The molecule has 4 rings (SSSR count). The third kappa shape index (κ3) is 5.42. The number of benzene rings is 1. The Morgan fingerprint density at radius 3 is 2.65 bits per heavy atom. The smallest absolute Gasteiger partial charge is 0.341 e. The summed E-state index contributed by atoms with van der Waals surface area (Å²) in [6, 6.07) is 7.77. The Balaban J connectivity index is 1.43. The highest BCUT2D eigenvalue weighted by molar-refractivity contribution is 5.79. The largest absolute Gasteiger partial charge is 0.482 e. The number of imidazole rings is 1. The van der Waals surface area contributed by atoms with Crippen molar-refractivity contribution < 1.29 is 19.4 Å². The van der Waals surface area contributed by atoms with Gasteiger partial charge in [0.1, 0.15) is 5.75 Å². The maximum Gasteiger partial charge on any atom is 0.341 e. The summed E-state index contributed by atoms with van der Waals surface area (Å²) in [5.74, 6) is -0.346. The van der Waals surface area contributed by atoms with Crippen molar-refractivity contribution in [2.75, 3.05) is 45.9 Å². The van der Waals surface area contributed by atoms with Crippen LogP contribution in [0.3, 0.4) is 0 Å². The number of carboxylic acid groups (broad SMARTS) is 1. The van der Waals surface area contributed by atoms with Gasteiger partial charge in [-0.25, -0.2) is 9.78 Å². The predicted molar refractivity (Wildman–Crippen MR) is 114 cm³/mol. The maximum atomic E-state index is 13.0. The van der Waals surface area contributed by atoms with Crippen LogP contribution in [0.2, 0.25) is 0 Å². The minimum Gasteiger partial charge on any atom is -0.482 e. The first kappa shape index (κ1) is 21.3. The third-order valence-corrected chi connectivity index (χ3v) is 6.08. The number of aliphatic carboxylic acids is 1. The summed E-state index contributed by atoms with van der Waals surface area (Å²) in [6.45, 7) is 4.32. The molecule has 1 aromatic heterocycles. The number of piperidine rings is 1. The van der Waals surface area contributed by atoms with E-state index in [1.165, 1.54) is 0 Å². The number of carbonyl (C=O) groups excluding carboxylic acids is 1. The average Bonchev–Trinajstić information content (AvgIpc) is 3.32. The van der Waals surface area contributed by atoms with Crippen LogP contribution in [0.5, 0.6) is 5.75 Å². The van der Waals surface area contributed by atoms with E-state index in [4.69, 9.17) is 9.84 Å². The van der Waals surface area contributed by atoms with Gasteiger partial charge in [0.2, 0.25) is 5.91 Å². The van der Waals surface area contributed by atoms with Crippen molar-refractivity contribution >= 4 is 11.9 Å². The van der Waals surface area contributed by atoms with Gasteiger partial charge in [0.15, 0.2) is 6.61 Å². The molecule has 1 amide bonds. The second kappa shape index (κ2) is 9.93. The Morgan fingerprint density at radius 1 is 1.23 bits per heavy atom. The van der Waals surface area contributed by atoms with E-state index < -0.39 is 5.97 Å². The van der Waals surface area contributed by atoms with Gasteiger partial charge in [0, 0.05) is 38.1 Å². The fourth-order valence-corrected chi connectivity index (χ4v) is 4.37. The Labute approximate surface area is 181 Å². The zero-order chi connectivity index (χ0) is 21.6. The molecule has 0 spiro atoms. The molecule has 2 aliphatic rings. The fourth-order valence-electron chi connectivity index (χ4n) is 4.37. The Bertz CT molecular complexity index is 865. The number of nitrogens with zero attached hydrogens (tertiary/aromatic N) is 4. The molecule has 2 N–H and O–H groups in total. The molecule has 2 fully saturated rings. The first-order chi connectivity index (χ1) is 15.1. The van der Waals surface area contributed by atoms with E-state index in [1.807, 2.05) is 27.8 Å². The van der Waals surface area contributed by atoms with Gasteiger partial charge in [-0.15, -0.1) is 0 Å². The normalized spacial score (nSPS) is 19.4. The topological polar surface area (TPSA) is 99.9 Å². The summed E-state index contributed by atoms with van der Waals surface area (Å²) >= 11 is 0. The molecule has 0 radical (unpaired) electrons. The molecule has 2 saturated heterocycles. The lowest BCUT2D eigenvalue weighted by molar-refractivity contribution is -0.139. The van der Waals surface area contributed by atoms with Crippen molar-refractivity contribution in [1.82, 2.24) is 24.7 Å². The Kier molecular flexibility index (Phi) is 6.83. The number of ether oxygens (including phenoxy) is 1. The first-order valence-corrected chi connectivity index (χ1v) is 10.7. The lowest BCUT2D eigenvalue weighted by Gasteiger charge is -2.41. The highest BCUT2D eigenvalue weighted by atomic mass is 16.5. The van der Waals surface area contributed by atoms with Gasteiger partial charge in [-0.3, -0.25) is 9.69 Å². The quantitative estimate of drug-likeness (QED) is 0.644. The van der Waals surface area contributed by atoms with Crippen LogP contribution in [0, 0.1) is 0 Å². The van der Waals surface area contributed by atoms with Gasteiger partial charge in [0.25, 0.3) is 0 Å². The van der Waals surface area contributed by atoms with Crippen molar-refractivity contribution in [3.63, 3.8) is 0 Å². The number of hydrogen-bond acceptors (Lipinski definition) is 6. The number of piperazine rings is 1. The number of aromatic nitrogens is 2. The van der Waals surface area contributed by atoms with Crippen LogP contribution < -0.4 is 10.1 Å². The molecular weight excluding hydrogens is 398 g/mol.